The maximum atomic E-state index is 2.39. The Kier molecular flexibility index (Phi) is 18.1. The van der Waals surface area contributed by atoms with Crippen LogP contribution in [0.1, 0.15) is 46.0 Å². The van der Waals surface area contributed by atoms with Gasteiger partial charge in [0.1, 0.15) is 0 Å². The van der Waals surface area contributed by atoms with Crippen molar-refractivity contribution in [2.45, 2.75) is 46.0 Å². The first-order chi connectivity index (χ1) is 3.91. The van der Waals surface area contributed by atoms with E-state index in [1.165, 1.54) is 32.1 Å². The van der Waals surface area contributed by atoms with Crippen molar-refractivity contribution in [2.24, 2.45) is 0 Å². The normalized spacial score (nSPS) is 8.67. The van der Waals surface area contributed by atoms with Gasteiger partial charge in [-0.15, -0.1) is 0 Å². The summed E-state index contributed by atoms with van der Waals surface area (Å²) in [5.74, 6) is 0. The van der Waals surface area contributed by atoms with Gasteiger partial charge < -0.3 is 6.42 Å². The topological polar surface area (TPSA) is 0 Å². The van der Waals surface area contributed by atoms with E-state index >= 15 is 0 Å². The summed E-state index contributed by atoms with van der Waals surface area (Å²) in [7, 11) is 0. The van der Waals surface area contributed by atoms with Crippen molar-refractivity contribution in [1.82, 2.24) is 0 Å². The largest absolute Gasteiger partial charge is 1.00 e. The summed E-state index contributed by atoms with van der Waals surface area (Å²) < 4.78 is 0. The Balaban J connectivity index is 0. The Hall–Kier alpha value is 1.64. The maximum absolute atomic E-state index is 2.39. The Morgan fingerprint density at radius 1 is 1.00 bits per heavy atom. The molecular formula is C8H17K. The van der Waals surface area contributed by atoms with E-state index in [-0.39, 0.29) is 51.4 Å². The van der Waals surface area contributed by atoms with Crippen LogP contribution in [0.3, 0.4) is 0 Å². The molecule has 0 aliphatic carbocycles. The van der Waals surface area contributed by atoms with Crippen LogP contribution in [-0.4, -0.2) is 0 Å². The van der Waals surface area contributed by atoms with Crippen molar-refractivity contribution in [2.75, 3.05) is 0 Å². The van der Waals surface area contributed by atoms with Crippen molar-refractivity contribution >= 4 is 0 Å². The summed E-state index contributed by atoms with van der Waals surface area (Å²) in [6, 6.07) is 0. The fourth-order valence-electron chi connectivity index (χ4n) is 0.697. The monoisotopic (exact) mass is 152 g/mol. The first-order valence-electron chi connectivity index (χ1n) is 3.73. The molecule has 0 heterocycles. The van der Waals surface area contributed by atoms with Crippen LogP contribution < -0.4 is 51.4 Å². The molecule has 0 N–H and O–H groups in total. The molecule has 0 aromatic carbocycles. The zero-order valence-corrected chi connectivity index (χ0v) is 10.2. The van der Waals surface area contributed by atoms with Gasteiger partial charge in [0, 0.05) is 0 Å². The minimum atomic E-state index is 0. The molecular weight excluding hydrogens is 135 g/mol. The van der Waals surface area contributed by atoms with Crippen molar-refractivity contribution in [3.05, 3.63) is 6.42 Å². The Morgan fingerprint density at radius 3 is 2.11 bits per heavy atom. The second kappa shape index (κ2) is 12.3. The molecule has 0 rings (SSSR count). The fourth-order valence-corrected chi connectivity index (χ4v) is 0.697. The third-order valence-corrected chi connectivity index (χ3v) is 1.25. The average molecular weight is 152 g/mol. The van der Waals surface area contributed by atoms with E-state index in [1.54, 1.807) is 0 Å². The van der Waals surface area contributed by atoms with E-state index in [4.69, 9.17) is 0 Å². The van der Waals surface area contributed by atoms with Crippen molar-refractivity contribution < 1.29 is 51.4 Å². The van der Waals surface area contributed by atoms with Crippen LogP contribution >= 0.6 is 0 Å². The third kappa shape index (κ3) is 12.8. The van der Waals surface area contributed by atoms with Gasteiger partial charge in [-0.05, 0) is 0 Å². The Labute approximate surface area is 102 Å². The molecule has 0 amide bonds. The minimum absolute atomic E-state index is 0. The van der Waals surface area contributed by atoms with E-state index in [0.29, 0.717) is 0 Å². The van der Waals surface area contributed by atoms with E-state index in [2.05, 4.69) is 20.3 Å². The molecule has 0 saturated heterocycles. The van der Waals surface area contributed by atoms with E-state index < -0.39 is 0 Å². The molecule has 1 heteroatoms. The predicted octanol–water partition coefficient (Wildman–Crippen LogP) is 0.185. The molecule has 0 spiro atoms. The molecule has 0 radical (unpaired) electrons. The summed E-state index contributed by atoms with van der Waals surface area (Å²) in [5.41, 5.74) is 0. The average Bonchev–Trinajstić information content (AvgIpc) is 1.81. The number of unbranched alkanes of at least 4 members (excludes halogenated alkanes) is 5. The van der Waals surface area contributed by atoms with Gasteiger partial charge in [0.2, 0.25) is 0 Å². The number of hydrogen-bond acceptors (Lipinski definition) is 0. The zero-order chi connectivity index (χ0) is 6.24. The van der Waals surface area contributed by atoms with Gasteiger partial charge in [0.15, 0.2) is 0 Å². The molecule has 0 atom stereocenters. The molecule has 0 aromatic heterocycles. The molecule has 50 valence electrons. The smallest absolute Gasteiger partial charge is 0.328 e. The van der Waals surface area contributed by atoms with E-state index in [0.717, 1.165) is 0 Å². The van der Waals surface area contributed by atoms with Gasteiger partial charge in [-0.3, -0.25) is 0 Å². The Bertz CT molecular complexity index is 29.5. The molecule has 0 aliphatic heterocycles. The number of hydrogen-bond donors (Lipinski definition) is 0. The van der Waals surface area contributed by atoms with Crippen molar-refractivity contribution in [1.29, 1.82) is 0 Å². The summed E-state index contributed by atoms with van der Waals surface area (Å²) in [4.78, 5) is 0. The maximum Gasteiger partial charge on any atom is 1.00 e. The molecule has 0 aromatic rings. The second-order valence-corrected chi connectivity index (χ2v) is 2.22. The predicted molar refractivity (Wildman–Crippen MR) is 38.7 cm³/mol. The van der Waals surface area contributed by atoms with Crippen LogP contribution in [0.15, 0.2) is 0 Å². The molecule has 0 aliphatic rings. The van der Waals surface area contributed by atoms with Crippen molar-refractivity contribution in [3.8, 4) is 0 Å². The second-order valence-electron chi connectivity index (χ2n) is 2.22. The van der Waals surface area contributed by atoms with Crippen LogP contribution in [0.5, 0.6) is 0 Å². The number of rotatable bonds is 5. The van der Waals surface area contributed by atoms with E-state index in [9.17, 15) is 0 Å². The van der Waals surface area contributed by atoms with Gasteiger partial charge in [-0.1, -0.05) is 33.1 Å². The van der Waals surface area contributed by atoms with Gasteiger partial charge >= 0.3 is 51.4 Å². The SMILES string of the molecule is CCC[CH-]CCCC.[K+]. The third-order valence-electron chi connectivity index (χ3n) is 1.25. The summed E-state index contributed by atoms with van der Waals surface area (Å²) in [6.07, 6.45) is 9.04. The summed E-state index contributed by atoms with van der Waals surface area (Å²) >= 11 is 0. The Morgan fingerprint density at radius 2 is 1.67 bits per heavy atom. The minimum Gasteiger partial charge on any atom is -0.328 e. The summed E-state index contributed by atoms with van der Waals surface area (Å²) in [6.45, 7) is 4.46. The van der Waals surface area contributed by atoms with Crippen LogP contribution in [0.4, 0.5) is 0 Å². The summed E-state index contributed by atoms with van der Waals surface area (Å²) in [5, 5.41) is 0. The molecule has 0 unspecified atom stereocenters. The van der Waals surface area contributed by atoms with Crippen LogP contribution in [0, 0.1) is 6.42 Å². The molecule has 0 bridgehead atoms. The van der Waals surface area contributed by atoms with Gasteiger partial charge in [0.25, 0.3) is 0 Å². The van der Waals surface area contributed by atoms with Crippen LogP contribution in [-0.2, 0) is 0 Å². The van der Waals surface area contributed by atoms with Gasteiger partial charge in [0.05, 0.1) is 0 Å². The van der Waals surface area contributed by atoms with Crippen molar-refractivity contribution in [3.63, 3.8) is 0 Å². The molecule has 0 saturated carbocycles. The molecule has 0 fully saturated rings. The van der Waals surface area contributed by atoms with Crippen LogP contribution in [0.2, 0.25) is 0 Å². The van der Waals surface area contributed by atoms with Gasteiger partial charge in [-0.25, -0.2) is 0 Å². The molecule has 0 nitrogen and oxygen atoms in total. The quantitative estimate of drug-likeness (QED) is 0.300. The fraction of sp³-hybridized carbons (Fsp3) is 0.875. The van der Waals surface area contributed by atoms with E-state index in [1.807, 2.05) is 0 Å². The standard InChI is InChI=1S/C8H17.K/c1-3-5-7-8-6-4-2;/h7H,3-6,8H2,1-2H3;/q-1;+1. The van der Waals surface area contributed by atoms with Crippen LogP contribution in [0.25, 0.3) is 0 Å². The zero-order valence-electron chi connectivity index (χ0n) is 7.11. The first kappa shape index (κ1) is 13.2. The van der Waals surface area contributed by atoms with Gasteiger partial charge in [-0.2, -0.15) is 12.8 Å². The molecule has 9 heavy (non-hydrogen) atoms. The first-order valence-corrected chi connectivity index (χ1v) is 3.73.